The summed E-state index contributed by atoms with van der Waals surface area (Å²) in [6, 6.07) is 3.78. The molecule has 1 aromatic carbocycles. The Bertz CT molecular complexity index is 532. The molecule has 0 bridgehead atoms. The second kappa shape index (κ2) is 9.11. The first kappa shape index (κ1) is 17.2. The van der Waals surface area contributed by atoms with Crippen LogP contribution >= 0.6 is 0 Å². The summed E-state index contributed by atoms with van der Waals surface area (Å²) in [6.45, 7) is 5.13. The van der Waals surface area contributed by atoms with E-state index in [1.165, 1.54) is 12.1 Å². The lowest BCUT2D eigenvalue weighted by atomic mass is 10.1. The van der Waals surface area contributed by atoms with Crippen molar-refractivity contribution in [2.24, 2.45) is 5.92 Å². The Kier molecular flexibility index (Phi) is 7.44. The molecule has 0 aliphatic heterocycles. The normalized spacial score (nSPS) is 10.1. The van der Waals surface area contributed by atoms with E-state index in [4.69, 9.17) is 9.84 Å². The molecule has 2 N–H and O–H groups in total. The van der Waals surface area contributed by atoms with Gasteiger partial charge in [0.1, 0.15) is 12.4 Å². The Balaban J connectivity index is 2.62. The molecule has 4 nitrogen and oxygen atoms in total. The molecule has 114 valence electrons. The molecule has 21 heavy (non-hydrogen) atoms. The van der Waals surface area contributed by atoms with Gasteiger partial charge in [-0.3, -0.25) is 4.79 Å². The van der Waals surface area contributed by atoms with Crippen LogP contribution in [0.2, 0.25) is 0 Å². The molecule has 0 fully saturated rings. The molecule has 0 saturated heterocycles. The molecular weight excluding hydrogens is 273 g/mol. The molecule has 5 heteroatoms. The first-order valence-corrected chi connectivity index (χ1v) is 6.79. The Morgan fingerprint density at radius 2 is 2.24 bits per heavy atom. The summed E-state index contributed by atoms with van der Waals surface area (Å²) in [5.41, 5.74) is 0.533. The summed E-state index contributed by atoms with van der Waals surface area (Å²) < 4.78 is 18.6. The number of hydrogen-bond donors (Lipinski definition) is 2. The lowest BCUT2D eigenvalue weighted by Gasteiger charge is -2.09. The molecule has 1 amide bonds. The van der Waals surface area contributed by atoms with E-state index in [1.54, 1.807) is 0 Å². The van der Waals surface area contributed by atoms with Crippen molar-refractivity contribution in [2.45, 2.75) is 13.8 Å². The highest BCUT2D eigenvalue weighted by Gasteiger charge is 2.11. The maximum atomic E-state index is 13.3. The molecule has 1 aromatic rings. The lowest BCUT2D eigenvalue weighted by molar-refractivity contribution is 0.0885. The van der Waals surface area contributed by atoms with Crippen LogP contribution in [0.25, 0.3) is 0 Å². The average Bonchev–Trinajstić information content (AvgIpc) is 2.45. The van der Waals surface area contributed by atoms with E-state index in [0.29, 0.717) is 31.2 Å². The van der Waals surface area contributed by atoms with E-state index in [-0.39, 0.29) is 12.2 Å². The third kappa shape index (κ3) is 6.39. The molecule has 0 spiro atoms. The first-order chi connectivity index (χ1) is 10.0. The van der Waals surface area contributed by atoms with Gasteiger partial charge in [0.2, 0.25) is 0 Å². The number of carbonyl (C=O) groups excluding carboxylic acids is 1. The minimum absolute atomic E-state index is 0.153. The van der Waals surface area contributed by atoms with Crippen LogP contribution in [-0.4, -0.2) is 37.4 Å². The van der Waals surface area contributed by atoms with Crippen LogP contribution in [0.5, 0.6) is 0 Å². The van der Waals surface area contributed by atoms with Crippen molar-refractivity contribution in [3.8, 4) is 11.8 Å². The van der Waals surface area contributed by atoms with Gasteiger partial charge in [0, 0.05) is 18.7 Å². The van der Waals surface area contributed by atoms with Crippen LogP contribution < -0.4 is 5.32 Å². The predicted molar refractivity (Wildman–Crippen MR) is 78.4 cm³/mol. The summed E-state index contributed by atoms with van der Waals surface area (Å²) in [6.07, 6.45) is 0. The lowest BCUT2D eigenvalue weighted by Crippen LogP contribution is -2.28. The Labute approximate surface area is 124 Å². The minimum Gasteiger partial charge on any atom is -0.384 e. The van der Waals surface area contributed by atoms with Crippen LogP contribution in [-0.2, 0) is 4.74 Å². The standard InChI is InChI=1S/C16H20FNO3/c1-12(2)11-21-9-7-18-16(20)15-10-14(17)6-5-13(15)4-3-8-19/h5-6,10,12,19H,7-9,11H2,1-2H3,(H,18,20). The fourth-order valence-corrected chi connectivity index (χ4v) is 1.60. The average molecular weight is 293 g/mol. The van der Waals surface area contributed by atoms with Crippen molar-refractivity contribution in [3.63, 3.8) is 0 Å². The van der Waals surface area contributed by atoms with Crippen LogP contribution in [0.3, 0.4) is 0 Å². The summed E-state index contributed by atoms with van der Waals surface area (Å²) in [5.74, 6) is 4.59. The van der Waals surface area contributed by atoms with E-state index < -0.39 is 11.7 Å². The van der Waals surface area contributed by atoms with Crippen molar-refractivity contribution in [1.29, 1.82) is 0 Å². The second-order valence-corrected chi connectivity index (χ2v) is 4.87. The van der Waals surface area contributed by atoms with Crippen molar-refractivity contribution < 1.29 is 19.0 Å². The van der Waals surface area contributed by atoms with Gasteiger partial charge >= 0.3 is 0 Å². The molecule has 0 radical (unpaired) electrons. The van der Waals surface area contributed by atoms with E-state index >= 15 is 0 Å². The highest BCUT2D eigenvalue weighted by Crippen LogP contribution is 2.10. The fraction of sp³-hybridized carbons (Fsp3) is 0.438. The molecule has 0 heterocycles. The van der Waals surface area contributed by atoms with E-state index in [1.807, 2.05) is 13.8 Å². The molecule has 0 saturated carbocycles. The first-order valence-electron chi connectivity index (χ1n) is 6.79. The third-order valence-corrected chi connectivity index (χ3v) is 2.51. The number of nitrogens with one attached hydrogen (secondary N) is 1. The zero-order valence-corrected chi connectivity index (χ0v) is 12.3. The van der Waals surface area contributed by atoms with Gasteiger partial charge in [-0.2, -0.15) is 0 Å². The number of rotatable bonds is 6. The van der Waals surface area contributed by atoms with Gasteiger partial charge in [-0.25, -0.2) is 4.39 Å². The van der Waals surface area contributed by atoms with Gasteiger partial charge in [0.15, 0.2) is 0 Å². The van der Waals surface area contributed by atoms with Gasteiger partial charge in [-0.15, -0.1) is 0 Å². The number of amides is 1. The fourth-order valence-electron chi connectivity index (χ4n) is 1.60. The summed E-state index contributed by atoms with van der Waals surface area (Å²) >= 11 is 0. The zero-order chi connectivity index (χ0) is 15.7. The Morgan fingerprint density at radius 3 is 2.90 bits per heavy atom. The number of ether oxygens (including phenoxy) is 1. The maximum absolute atomic E-state index is 13.3. The molecular formula is C16H20FNO3. The van der Waals surface area contributed by atoms with Gasteiger partial charge in [-0.1, -0.05) is 25.7 Å². The van der Waals surface area contributed by atoms with Crippen LogP contribution in [0, 0.1) is 23.6 Å². The van der Waals surface area contributed by atoms with Crippen LogP contribution in [0.1, 0.15) is 29.8 Å². The molecule has 0 atom stereocenters. The van der Waals surface area contributed by atoms with Crippen molar-refractivity contribution in [2.75, 3.05) is 26.4 Å². The third-order valence-electron chi connectivity index (χ3n) is 2.51. The van der Waals surface area contributed by atoms with E-state index in [0.717, 1.165) is 6.07 Å². The Morgan fingerprint density at radius 1 is 1.48 bits per heavy atom. The molecule has 0 unspecified atom stereocenters. The monoisotopic (exact) mass is 293 g/mol. The topological polar surface area (TPSA) is 58.6 Å². The Hall–Kier alpha value is -1.90. The number of aliphatic hydroxyl groups excluding tert-OH is 1. The number of carbonyl (C=O) groups is 1. The molecule has 0 aromatic heterocycles. The summed E-state index contributed by atoms with van der Waals surface area (Å²) in [7, 11) is 0. The molecule has 0 aliphatic carbocycles. The largest absolute Gasteiger partial charge is 0.384 e. The van der Waals surface area contributed by atoms with Crippen molar-refractivity contribution in [1.82, 2.24) is 5.32 Å². The smallest absolute Gasteiger partial charge is 0.252 e. The SMILES string of the molecule is CC(C)COCCNC(=O)c1cc(F)ccc1C#CCO. The molecule has 0 aliphatic rings. The van der Waals surface area contributed by atoms with Gasteiger partial charge in [0.25, 0.3) is 5.91 Å². The van der Waals surface area contributed by atoms with Crippen LogP contribution in [0.15, 0.2) is 18.2 Å². The van der Waals surface area contributed by atoms with Crippen molar-refractivity contribution in [3.05, 3.63) is 35.1 Å². The van der Waals surface area contributed by atoms with Gasteiger partial charge in [-0.05, 0) is 24.1 Å². The number of halogens is 1. The maximum Gasteiger partial charge on any atom is 0.252 e. The highest BCUT2D eigenvalue weighted by molar-refractivity contribution is 5.96. The van der Waals surface area contributed by atoms with Gasteiger partial charge < -0.3 is 15.2 Å². The van der Waals surface area contributed by atoms with E-state index in [9.17, 15) is 9.18 Å². The number of benzene rings is 1. The number of hydrogen-bond acceptors (Lipinski definition) is 3. The van der Waals surface area contributed by atoms with Crippen molar-refractivity contribution >= 4 is 5.91 Å². The van der Waals surface area contributed by atoms with Gasteiger partial charge in [0.05, 0.1) is 12.2 Å². The highest BCUT2D eigenvalue weighted by atomic mass is 19.1. The van der Waals surface area contributed by atoms with Crippen LogP contribution in [0.4, 0.5) is 4.39 Å². The minimum atomic E-state index is -0.509. The zero-order valence-electron chi connectivity index (χ0n) is 12.3. The number of aliphatic hydroxyl groups is 1. The molecule has 1 rings (SSSR count). The summed E-state index contributed by atoms with van der Waals surface area (Å²) in [5, 5.41) is 11.3. The quantitative estimate of drug-likeness (QED) is 0.618. The summed E-state index contributed by atoms with van der Waals surface area (Å²) in [4.78, 5) is 12.0. The second-order valence-electron chi connectivity index (χ2n) is 4.87. The predicted octanol–water partition coefficient (Wildman–Crippen LogP) is 1.57. The van der Waals surface area contributed by atoms with E-state index in [2.05, 4.69) is 17.2 Å².